The predicted molar refractivity (Wildman–Crippen MR) is 122 cm³/mol. The molecule has 2 N–H and O–H groups in total. The number of carbonyl (C=O) groups excluding carboxylic acids is 1. The van der Waals surface area contributed by atoms with Gasteiger partial charge in [-0.25, -0.2) is 13.1 Å². The molecule has 0 saturated carbocycles. The van der Waals surface area contributed by atoms with Gasteiger partial charge in [0.25, 0.3) is 0 Å². The molecule has 0 aromatic heterocycles. The molecular weight excluding hydrogens is 444 g/mol. The van der Waals surface area contributed by atoms with Gasteiger partial charge in [0.05, 0.1) is 43.3 Å². The molecule has 0 unspecified atom stereocenters. The van der Waals surface area contributed by atoms with Crippen LogP contribution in [0.4, 0.5) is 0 Å². The predicted octanol–water partition coefficient (Wildman–Crippen LogP) is 1.86. The maximum absolute atomic E-state index is 12.9. The first-order chi connectivity index (χ1) is 15.9. The number of nitrogens with zero attached hydrogens (tertiary/aromatic N) is 1. The zero-order valence-electron chi connectivity index (χ0n) is 18.6. The number of carbonyl (C=O) groups is 1. The number of sulfonamides is 1. The van der Waals surface area contributed by atoms with Crippen molar-refractivity contribution in [1.29, 1.82) is 0 Å². The molecule has 3 atom stereocenters. The van der Waals surface area contributed by atoms with E-state index < -0.39 is 22.2 Å². The molecule has 2 aromatic carbocycles. The molecule has 2 aliphatic heterocycles. The van der Waals surface area contributed by atoms with Crippen LogP contribution in [0.5, 0.6) is 5.75 Å². The van der Waals surface area contributed by atoms with E-state index in [-0.39, 0.29) is 29.9 Å². The van der Waals surface area contributed by atoms with Crippen molar-refractivity contribution < 1.29 is 27.8 Å². The Morgan fingerprint density at radius 3 is 2.58 bits per heavy atom. The van der Waals surface area contributed by atoms with E-state index in [9.17, 15) is 18.3 Å². The van der Waals surface area contributed by atoms with Crippen molar-refractivity contribution >= 4 is 15.9 Å². The normalized spacial score (nSPS) is 23.1. The lowest BCUT2D eigenvalue weighted by Gasteiger charge is -2.37. The van der Waals surface area contributed by atoms with Crippen LogP contribution in [0, 0.1) is 0 Å². The molecule has 0 bridgehead atoms. The number of hydrogen-bond acceptors (Lipinski definition) is 6. The molecule has 2 aliphatic rings. The van der Waals surface area contributed by atoms with Crippen LogP contribution in [0.15, 0.2) is 53.4 Å². The average molecular weight is 475 g/mol. The summed E-state index contributed by atoms with van der Waals surface area (Å²) in [6, 6.07) is 13.7. The Kier molecular flexibility index (Phi) is 7.33. The van der Waals surface area contributed by atoms with Gasteiger partial charge < -0.3 is 19.5 Å². The molecule has 178 valence electrons. The fourth-order valence-electron chi connectivity index (χ4n) is 4.47. The summed E-state index contributed by atoms with van der Waals surface area (Å²) in [4.78, 5) is 14.8. The third-order valence-corrected chi connectivity index (χ3v) is 7.86. The molecule has 1 saturated heterocycles. The van der Waals surface area contributed by atoms with Gasteiger partial charge >= 0.3 is 0 Å². The van der Waals surface area contributed by atoms with Crippen LogP contribution in [0.3, 0.4) is 0 Å². The molecule has 0 spiro atoms. The molecule has 2 heterocycles. The van der Waals surface area contributed by atoms with Gasteiger partial charge in [0.15, 0.2) is 0 Å². The summed E-state index contributed by atoms with van der Waals surface area (Å²) < 4.78 is 39.2. The topological polar surface area (TPSA) is 105 Å². The average Bonchev–Trinajstić information content (AvgIpc) is 2.84. The molecule has 33 heavy (non-hydrogen) atoms. The summed E-state index contributed by atoms with van der Waals surface area (Å²) in [5.74, 6) is 0.580. The molecule has 8 nitrogen and oxygen atoms in total. The van der Waals surface area contributed by atoms with Crippen molar-refractivity contribution in [2.45, 2.75) is 55.4 Å². The lowest BCUT2D eigenvalue weighted by atomic mass is 9.96. The highest BCUT2D eigenvalue weighted by molar-refractivity contribution is 7.89. The number of aliphatic hydroxyl groups excluding tert-OH is 1. The van der Waals surface area contributed by atoms with Crippen LogP contribution in [-0.4, -0.2) is 62.8 Å². The van der Waals surface area contributed by atoms with Crippen LogP contribution in [0.1, 0.15) is 30.4 Å². The van der Waals surface area contributed by atoms with Crippen molar-refractivity contribution in [1.82, 2.24) is 9.62 Å². The van der Waals surface area contributed by atoms with Gasteiger partial charge in [0.2, 0.25) is 15.9 Å². The third-order valence-electron chi connectivity index (χ3n) is 6.36. The lowest BCUT2D eigenvalue weighted by molar-refractivity contribution is -0.140. The summed E-state index contributed by atoms with van der Waals surface area (Å²) in [6.07, 6.45) is 0.989. The van der Waals surface area contributed by atoms with Gasteiger partial charge in [-0.15, -0.1) is 0 Å². The highest BCUT2D eigenvalue weighted by Gasteiger charge is 2.35. The lowest BCUT2D eigenvalue weighted by Crippen LogP contribution is -2.51. The van der Waals surface area contributed by atoms with Crippen LogP contribution in [0.2, 0.25) is 0 Å². The Bertz CT molecular complexity index is 1070. The first kappa shape index (κ1) is 23.7. The fourth-order valence-corrected chi connectivity index (χ4v) is 5.77. The summed E-state index contributed by atoms with van der Waals surface area (Å²) in [6.45, 7) is 0.934. The maximum atomic E-state index is 12.9. The zero-order chi connectivity index (χ0) is 23.4. The van der Waals surface area contributed by atoms with E-state index >= 15 is 0 Å². The van der Waals surface area contributed by atoms with Gasteiger partial charge in [0, 0.05) is 13.1 Å². The van der Waals surface area contributed by atoms with E-state index in [0.29, 0.717) is 31.7 Å². The van der Waals surface area contributed by atoms with Crippen LogP contribution < -0.4 is 9.46 Å². The number of fused-ring (bicyclic) bond motifs is 1. The molecule has 2 aromatic rings. The van der Waals surface area contributed by atoms with Gasteiger partial charge in [-0.2, -0.15) is 0 Å². The van der Waals surface area contributed by atoms with Crippen molar-refractivity contribution in [3.05, 3.63) is 59.7 Å². The Morgan fingerprint density at radius 1 is 1.15 bits per heavy atom. The SMILES string of the molecule is COc1ccc(S(=O)(=O)N[C@@H]2CC[C@H](CC(=O)N3CCc4ccccc4C3)O[C@@H]2CO)cc1. The minimum atomic E-state index is -3.79. The van der Waals surface area contributed by atoms with Gasteiger partial charge in [-0.3, -0.25) is 4.79 Å². The molecule has 1 amide bonds. The van der Waals surface area contributed by atoms with E-state index in [0.717, 1.165) is 6.42 Å². The molecule has 1 fully saturated rings. The first-order valence-electron chi connectivity index (χ1n) is 11.2. The number of hydrogen-bond donors (Lipinski definition) is 2. The van der Waals surface area contributed by atoms with Crippen LogP contribution in [0.25, 0.3) is 0 Å². The second-order valence-electron chi connectivity index (χ2n) is 8.50. The first-order valence-corrected chi connectivity index (χ1v) is 12.6. The Hall–Kier alpha value is -2.46. The second-order valence-corrected chi connectivity index (χ2v) is 10.2. The number of methoxy groups -OCH3 is 1. The summed E-state index contributed by atoms with van der Waals surface area (Å²) >= 11 is 0. The molecule has 4 rings (SSSR count). The van der Waals surface area contributed by atoms with Crippen LogP contribution in [-0.2, 0) is 32.5 Å². The highest BCUT2D eigenvalue weighted by atomic mass is 32.2. The maximum Gasteiger partial charge on any atom is 0.240 e. The van der Waals surface area contributed by atoms with E-state index in [4.69, 9.17) is 9.47 Å². The number of amides is 1. The zero-order valence-corrected chi connectivity index (χ0v) is 19.5. The van der Waals surface area contributed by atoms with E-state index in [2.05, 4.69) is 10.8 Å². The quantitative estimate of drug-likeness (QED) is 0.635. The van der Waals surface area contributed by atoms with E-state index in [1.54, 1.807) is 12.1 Å². The largest absolute Gasteiger partial charge is 0.497 e. The Labute approximate surface area is 194 Å². The minimum Gasteiger partial charge on any atom is -0.497 e. The Morgan fingerprint density at radius 2 is 1.88 bits per heavy atom. The van der Waals surface area contributed by atoms with Crippen molar-refractivity contribution in [3.63, 3.8) is 0 Å². The monoisotopic (exact) mass is 474 g/mol. The van der Waals surface area contributed by atoms with Gasteiger partial charge in [-0.05, 0) is 54.7 Å². The smallest absolute Gasteiger partial charge is 0.240 e. The van der Waals surface area contributed by atoms with E-state index in [1.165, 1.54) is 30.4 Å². The standard InChI is InChI=1S/C24H30N2O6S/c1-31-19-6-9-21(10-7-19)33(29,30)25-22-11-8-20(32-23(22)16-27)14-24(28)26-13-12-17-4-2-3-5-18(17)15-26/h2-7,9-10,20,22-23,25,27H,8,11-16H2,1H3/t20-,22-,23-/m1/s1. The van der Waals surface area contributed by atoms with Crippen LogP contribution >= 0.6 is 0 Å². The van der Waals surface area contributed by atoms with Crippen molar-refractivity contribution in [3.8, 4) is 5.75 Å². The summed E-state index contributed by atoms with van der Waals surface area (Å²) in [5, 5.41) is 9.84. The number of benzene rings is 2. The number of aliphatic hydroxyl groups is 1. The summed E-state index contributed by atoms with van der Waals surface area (Å²) in [5.41, 5.74) is 2.45. The molecule has 9 heteroatoms. The minimum absolute atomic E-state index is 0.0171. The fraction of sp³-hybridized carbons (Fsp3) is 0.458. The highest BCUT2D eigenvalue weighted by Crippen LogP contribution is 2.26. The third kappa shape index (κ3) is 5.55. The van der Waals surface area contributed by atoms with Crippen molar-refractivity contribution in [2.24, 2.45) is 0 Å². The van der Waals surface area contributed by atoms with E-state index in [1.807, 2.05) is 23.1 Å². The molecule has 0 radical (unpaired) electrons. The number of ether oxygens (including phenoxy) is 2. The number of rotatable bonds is 7. The molecule has 0 aliphatic carbocycles. The summed E-state index contributed by atoms with van der Waals surface area (Å²) in [7, 11) is -2.27. The Balaban J connectivity index is 1.34. The van der Waals surface area contributed by atoms with Gasteiger partial charge in [0.1, 0.15) is 5.75 Å². The van der Waals surface area contributed by atoms with Gasteiger partial charge in [-0.1, -0.05) is 24.3 Å². The second kappa shape index (κ2) is 10.2. The van der Waals surface area contributed by atoms with Crippen molar-refractivity contribution in [2.75, 3.05) is 20.3 Å². The molecular formula is C24H30N2O6S. The number of nitrogens with one attached hydrogen (secondary N) is 1.